The highest BCUT2D eigenvalue weighted by atomic mass is 16.5. The molecule has 1 N–H and O–H groups in total. The van der Waals surface area contributed by atoms with E-state index in [9.17, 15) is 5.11 Å². The first kappa shape index (κ1) is 8.50. The van der Waals surface area contributed by atoms with Crippen LogP contribution in [0.25, 0.3) is 0 Å². The van der Waals surface area contributed by atoms with Crippen LogP contribution in [0.4, 0.5) is 0 Å². The number of rotatable bonds is 2. The fourth-order valence-electron chi connectivity index (χ4n) is 1.25. The van der Waals surface area contributed by atoms with Crippen LogP contribution in [0.1, 0.15) is 13.3 Å². The quantitative estimate of drug-likeness (QED) is 0.649. The molecule has 0 aromatic carbocycles. The van der Waals surface area contributed by atoms with Crippen LogP contribution in [0.5, 0.6) is 0 Å². The predicted octanol–water partition coefficient (Wildman–Crippen LogP) is 1.27. The van der Waals surface area contributed by atoms with Crippen molar-refractivity contribution in [2.45, 2.75) is 25.0 Å². The van der Waals surface area contributed by atoms with Crippen LogP contribution < -0.4 is 0 Å². The monoisotopic (exact) mass is 154 g/mol. The molecule has 1 aliphatic rings. The normalized spacial score (nSPS) is 36.1. The lowest BCUT2D eigenvalue weighted by Crippen LogP contribution is -2.40. The highest BCUT2D eigenvalue weighted by Crippen LogP contribution is 2.23. The van der Waals surface area contributed by atoms with E-state index in [4.69, 9.17) is 4.74 Å². The van der Waals surface area contributed by atoms with E-state index in [2.05, 4.69) is 0 Å². The van der Waals surface area contributed by atoms with Gasteiger partial charge in [0.15, 0.2) is 0 Å². The molecule has 0 amide bonds. The minimum absolute atomic E-state index is 0.197. The molecule has 2 nitrogen and oxygen atoms in total. The second-order valence-corrected chi connectivity index (χ2v) is 2.75. The molecule has 0 heterocycles. The van der Waals surface area contributed by atoms with E-state index in [0.717, 1.165) is 0 Å². The molecule has 2 atom stereocenters. The molecule has 0 aliphatic heterocycles. The first-order chi connectivity index (χ1) is 5.23. The third-order valence-electron chi connectivity index (χ3n) is 2.09. The molecule has 1 aliphatic carbocycles. The zero-order chi connectivity index (χ0) is 8.32. The predicted molar refractivity (Wildman–Crippen MR) is 44.3 cm³/mol. The molecular formula is C9H14O2. The Balaban J connectivity index is 2.77. The van der Waals surface area contributed by atoms with E-state index in [1.165, 1.54) is 0 Å². The average molecular weight is 154 g/mol. The van der Waals surface area contributed by atoms with Gasteiger partial charge in [0, 0.05) is 7.11 Å². The largest absolute Gasteiger partial charge is 0.383 e. The minimum atomic E-state index is -0.802. The summed E-state index contributed by atoms with van der Waals surface area (Å²) in [5.74, 6) is 0. The number of aliphatic hydroxyl groups is 1. The Hall–Kier alpha value is -0.600. The highest BCUT2D eigenvalue weighted by molar-refractivity contribution is 5.22. The van der Waals surface area contributed by atoms with E-state index in [1.807, 2.05) is 25.2 Å². The van der Waals surface area contributed by atoms with Gasteiger partial charge in [0.1, 0.15) is 11.7 Å². The van der Waals surface area contributed by atoms with E-state index < -0.39 is 5.60 Å². The molecule has 62 valence electrons. The number of hydrogen-bond acceptors (Lipinski definition) is 2. The van der Waals surface area contributed by atoms with Crippen molar-refractivity contribution < 1.29 is 9.84 Å². The lowest BCUT2D eigenvalue weighted by molar-refractivity contribution is -0.0401. The molecule has 0 spiro atoms. The first-order valence-electron chi connectivity index (χ1n) is 3.84. The Morgan fingerprint density at radius 2 is 2.27 bits per heavy atom. The van der Waals surface area contributed by atoms with Crippen molar-refractivity contribution in [1.82, 2.24) is 0 Å². The van der Waals surface area contributed by atoms with E-state index in [0.29, 0.717) is 6.42 Å². The van der Waals surface area contributed by atoms with Crippen LogP contribution in [0, 0.1) is 0 Å². The average Bonchev–Trinajstić information content (AvgIpc) is 2.05. The van der Waals surface area contributed by atoms with Gasteiger partial charge in [-0.1, -0.05) is 31.2 Å². The topological polar surface area (TPSA) is 29.5 Å². The van der Waals surface area contributed by atoms with Gasteiger partial charge in [0.25, 0.3) is 0 Å². The van der Waals surface area contributed by atoms with Crippen molar-refractivity contribution in [2.24, 2.45) is 0 Å². The van der Waals surface area contributed by atoms with Crippen LogP contribution >= 0.6 is 0 Å². The maximum Gasteiger partial charge on any atom is 0.112 e. The minimum Gasteiger partial charge on any atom is -0.383 e. The summed E-state index contributed by atoms with van der Waals surface area (Å²) in [6, 6.07) is 0. The van der Waals surface area contributed by atoms with Crippen LogP contribution in [0.2, 0.25) is 0 Å². The molecule has 0 aromatic rings. The Labute approximate surface area is 67.2 Å². The smallest absolute Gasteiger partial charge is 0.112 e. The molecule has 2 heteroatoms. The fraction of sp³-hybridized carbons (Fsp3) is 0.556. The Bertz CT molecular complexity index is 184. The van der Waals surface area contributed by atoms with Gasteiger partial charge in [-0.05, 0) is 6.42 Å². The Morgan fingerprint density at radius 1 is 1.55 bits per heavy atom. The SMILES string of the molecule is CCC1(O)C=CC=CC1OC. The van der Waals surface area contributed by atoms with Gasteiger partial charge in [-0.3, -0.25) is 0 Å². The second kappa shape index (κ2) is 3.20. The summed E-state index contributed by atoms with van der Waals surface area (Å²) in [6.07, 6.45) is 7.85. The van der Waals surface area contributed by atoms with Crippen molar-refractivity contribution in [3.8, 4) is 0 Å². The first-order valence-corrected chi connectivity index (χ1v) is 3.84. The summed E-state index contributed by atoms with van der Waals surface area (Å²) in [5, 5.41) is 9.88. The van der Waals surface area contributed by atoms with E-state index in [-0.39, 0.29) is 6.10 Å². The number of allylic oxidation sites excluding steroid dienone is 2. The highest BCUT2D eigenvalue weighted by Gasteiger charge is 2.31. The maximum absolute atomic E-state index is 9.88. The van der Waals surface area contributed by atoms with Crippen molar-refractivity contribution in [3.63, 3.8) is 0 Å². The van der Waals surface area contributed by atoms with E-state index in [1.54, 1.807) is 13.2 Å². The molecule has 1 rings (SSSR count). The van der Waals surface area contributed by atoms with E-state index >= 15 is 0 Å². The molecule has 0 radical (unpaired) electrons. The molecule has 11 heavy (non-hydrogen) atoms. The van der Waals surface area contributed by atoms with Gasteiger partial charge in [-0.15, -0.1) is 0 Å². The lowest BCUT2D eigenvalue weighted by atomic mass is 9.90. The third-order valence-corrected chi connectivity index (χ3v) is 2.09. The Kier molecular flexibility index (Phi) is 2.47. The lowest BCUT2D eigenvalue weighted by Gasteiger charge is -2.31. The number of hydrogen-bond donors (Lipinski definition) is 1. The maximum atomic E-state index is 9.88. The number of methoxy groups -OCH3 is 1. The fourth-order valence-corrected chi connectivity index (χ4v) is 1.25. The summed E-state index contributed by atoms with van der Waals surface area (Å²) in [7, 11) is 1.61. The summed E-state index contributed by atoms with van der Waals surface area (Å²) in [4.78, 5) is 0. The summed E-state index contributed by atoms with van der Waals surface area (Å²) < 4.78 is 5.11. The van der Waals surface area contributed by atoms with Crippen molar-refractivity contribution in [2.75, 3.05) is 7.11 Å². The molecule has 0 saturated carbocycles. The second-order valence-electron chi connectivity index (χ2n) is 2.75. The molecule has 0 saturated heterocycles. The molecule has 2 unspecified atom stereocenters. The third kappa shape index (κ3) is 1.52. The molecule has 0 fully saturated rings. The van der Waals surface area contributed by atoms with Crippen LogP contribution in [-0.2, 0) is 4.74 Å². The van der Waals surface area contributed by atoms with Crippen LogP contribution in [0.15, 0.2) is 24.3 Å². The van der Waals surface area contributed by atoms with Crippen molar-refractivity contribution >= 4 is 0 Å². The Morgan fingerprint density at radius 3 is 2.73 bits per heavy atom. The molecule has 0 aromatic heterocycles. The van der Waals surface area contributed by atoms with Gasteiger partial charge in [0.2, 0.25) is 0 Å². The molecule has 0 bridgehead atoms. The zero-order valence-corrected chi connectivity index (χ0v) is 6.95. The van der Waals surface area contributed by atoms with Crippen molar-refractivity contribution in [3.05, 3.63) is 24.3 Å². The van der Waals surface area contributed by atoms with Gasteiger partial charge in [0.05, 0.1) is 0 Å². The van der Waals surface area contributed by atoms with Crippen molar-refractivity contribution in [1.29, 1.82) is 0 Å². The van der Waals surface area contributed by atoms with Gasteiger partial charge >= 0.3 is 0 Å². The van der Waals surface area contributed by atoms with Gasteiger partial charge in [-0.2, -0.15) is 0 Å². The standard InChI is InChI=1S/C9H14O2/c1-3-9(10)7-5-4-6-8(9)11-2/h4-8,10H,3H2,1-2H3. The summed E-state index contributed by atoms with van der Waals surface area (Å²) in [5.41, 5.74) is -0.802. The van der Waals surface area contributed by atoms with Crippen LogP contribution in [-0.4, -0.2) is 23.9 Å². The number of ether oxygens (including phenoxy) is 1. The zero-order valence-electron chi connectivity index (χ0n) is 6.95. The van der Waals surface area contributed by atoms with Gasteiger partial charge in [-0.25, -0.2) is 0 Å². The van der Waals surface area contributed by atoms with Gasteiger partial charge < -0.3 is 9.84 Å². The summed E-state index contributed by atoms with van der Waals surface area (Å²) >= 11 is 0. The molecular weight excluding hydrogens is 140 g/mol. The summed E-state index contributed by atoms with van der Waals surface area (Å²) in [6.45, 7) is 1.94. The van der Waals surface area contributed by atoms with Crippen LogP contribution in [0.3, 0.4) is 0 Å².